The van der Waals surface area contributed by atoms with Crippen LogP contribution >= 0.6 is 0 Å². The fourth-order valence-electron chi connectivity index (χ4n) is 4.20. The molecule has 0 unspecified atom stereocenters. The number of nitro groups is 1. The zero-order chi connectivity index (χ0) is 21.3. The zero-order valence-electron chi connectivity index (χ0n) is 16.5. The predicted molar refractivity (Wildman–Crippen MR) is 110 cm³/mol. The molecule has 0 aliphatic carbocycles. The lowest BCUT2D eigenvalue weighted by Crippen LogP contribution is -2.51. The summed E-state index contributed by atoms with van der Waals surface area (Å²) in [5, 5.41) is 20.0. The molecule has 30 heavy (non-hydrogen) atoms. The van der Waals surface area contributed by atoms with E-state index < -0.39 is 10.5 Å². The SMILES string of the molecule is N#Cc1ccc(CCN2CCC3(CC2)CC(=O)c2cc([N+](=O)[O-])c(N)cc2O3)cc1. The van der Waals surface area contributed by atoms with Gasteiger partial charge in [-0.05, 0) is 24.1 Å². The number of carbonyl (C=O) groups is 1. The molecule has 154 valence electrons. The number of nitro benzene ring substituents is 1. The number of nitrogens with two attached hydrogens (primary N) is 1. The first-order valence-corrected chi connectivity index (χ1v) is 9.91. The van der Waals surface area contributed by atoms with E-state index in [2.05, 4.69) is 11.0 Å². The Morgan fingerprint density at radius 2 is 1.93 bits per heavy atom. The van der Waals surface area contributed by atoms with Crippen molar-refractivity contribution < 1.29 is 14.5 Å². The van der Waals surface area contributed by atoms with Crippen LogP contribution in [0.1, 0.15) is 40.7 Å². The van der Waals surface area contributed by atoms with Gasteiger partial charge < -0.3 is 15.4 Å². The van der Waals surface area contributed by atoms with E-state index in [1.54, 1.807) is 0 Å². The van der Waals surface area contributed by atoms with Crippen molar-refractivity contribution in [1.82, 2.24) is 4.90 Å². The van der Waals surface area contributed by atoms with E-state index in [0.29, 0.717) is 24.2 Å². The number of ketones is 1. The largest absolute Gasteiger partial charge is 0.486 e. The van der Waals surface area contributed by atoms with Gasteiger partial charge in [0.25, 0.3) is 5.69 Å². The number of piperidine rings is 1. The minimum atomic E-state index is -0.584. The highest BCUT2D eigenvalue weighted by molar-refractivity contribution is 6.01. The van der Waals surface area contributed by atoms with Crippen LogP contribution in [0.3, 0.4) is 0 Å². The Balaban J connectivity index is 1.39. The van der Waals surface area contributed by atoms with Crippen molar-refractivity contribution in [2.75, 3.05) is 25.4 Å². The van der Waals surface area contributed by atoms with E-state index in [1.807, 2.05) is 24.3 Å². The average Bonchev–Trinajstić information content (AvgIpc) is 2.73. The summed E-state index contributed by atoms with van der Waals surface area (Å²) < 4.78 is 6.20. The highest BCUT2D eigenvalue weighted by Gasteiger charge is 2.43. The summed E-state index contributed by atoms with van der Waals surface area (Å²) in [6.45, 7) is 2.51. The van der Waals surface area contributed by atoms with Crippen LogP contribution in [0.2, 0.25) is 0 Å². The zero-order valence-corrected chi connectivity index (χ0v) is 16.5. The van der Waals surface area contributed by atoms with Gasteiger partial charge in [-0.25, -0.2) is 0 Å². The van der Waals surface area contributed by atoms with Crippen LogP contribution in [0.25, 0.3) is 0 Å². The van der Waals surface area contributed by atoms with Gasteiger partial charge in [0.2, 0.25) is 0 Å². The summed E-state index contributed by atoms with van der Waals surface area (Å²) in [5.74, 6) is 0.214. The number of hydrogen-bond donors (Lipinski definition) is 1. The van der Waals surface area contributed by atoms with Crippen molar-refractivity contribution in [2.24, 2.45) is 0 Å². The Labute approximate surface area is 174 Å². The maximum Gasteiger partial charge on any atom is 0.293 e. The number of fused-ring (bicyclic) bond motifs is 1. The van der Waals surface area contributed by atoms with Gasteiger partial charge in [-0.1, -0.05) is 12.1 Å². The lowest BCUT2D eigenvalue weighted by molar-refractivity contribution is -0.384. The Bertz CT molecular complexity index is 1030. The number of ether oxygens (including phenoxy) is 1. The third kappa shape index (κ3) is 3.84. The molecule has 2 aliphatic rings. The first kappa shape index (κ1) is 19.9. The molecule has 0 aromatic heterocycles. The normalized spacial score (nSPS) is 17.8. The molecule has 2 aromatic rings. The van der Waals surface area contributed by atoms with Crippen LogP contribution in [0.15, 0.2) is 36.4 Å². The summed E-state index contributed by atoms with van der Waals surface area (Å²) in [6.07, 6.45) is 2.54. The van der Waals surface area contributed by atoms with Crippen molar-refractivity contribution >= 4 is 17.2 Å². The lowest BCUT2D eigenvalue weighted by Gasteiger charge is -2.44. The van der Waals surface area contributed by atoms with Crippen LogP contribution < -0.4 is 10.5 Å². The van der Waals surface area contributed by atoms with Crippen molar-refractivity contribution in [1.29, 1.82) is 5.26 Å². The third-order valence-electron chi connectivity index (χ3n) is 6.00. The fourth-order valence-corrected chi connectivity index (χ4v) is 4.20. The molecular formula is C22H22N4O4. The van der Waals surface area contributed by atoms with E-state index >= 15 is 0 Å². The number of benzene rings is 2. The molecule has 4 rings (SSSR count). The highest BCUT2D eigenvalue weighted by atomic mass is 16.6. The molecule has 2 N–H and O–H groups in total. The first-order chi connectivity index (χ1) is 14.4. The lowest BCUT2D eigenvalue weighted by atomic mass is 9.82. The Morgan fingerprint density at radius 1 is 1.23 bits per heavy atom. The molecule has 1 spiro atoms. The molecule has 2 aromatic carbocycles. The molecule has 1 fully saturated rings. The smallest absolute Gasteiger partial charge is 0.293 e. The van der Waals surface area contributed by atoms with Crippen LogP contribution in [0.4, 0.5) is 11.4 Å². The Morgan fingerprint density at radius 3 is 2.57 bits per heavy atom. The van der Waals surface area contributed by atoms with Gasteiger partial charge in [-0.2, -0.15) is 5.26 Å². The molecule has 0 saturated carbocycles. The second-order valence-electron chi connectivity index (χ2n) is 7.95. The van der Waals surface area contributed by atoms with E-state index in [4.69, 9.17) is 15.7 Å². The van der Waals surface area contributed by atoms with Gasteiger partial charge in [-0.15, -0.1) is 0 Å². The average molecular weight is 406 g/mol. The van der Waals surface area contributed by atoms with E-state index in [9.17, 15) is 14.9 Å². The highest BCUT2D eigenvalue weighted by Crippen LogP contribution is 2.42. The Hall–Kier alpha value is -3.44. The maximum absolute atomic E-state index is 12.7. The molecule has 0 amide bonds. The van der Waals surface area contributed by atoms with Crippen LogP contribution in [-0.4, -0.2) is 40.8 Å². The van der Waals surface area contributed by atoms with E-state index in [-0.39, 0.29) is 29.1 Å². The predicted octanol–water partition coefficient (Wildman–Crippen LogP) is 3.09. The number of carbonyl (C=O) groups excluding carboxylic acids is 1. The minimum Gasteiger partial charge on any atom is -0.486 e. The van der Waals surface area contributed by atoms with Gasteiger partial charge in [0.15, 0.2) is 5.78 Å². The molecule has 2 heterocycles. The number of nitriles is 1. The van der Waals surface area contributed by atoms with E-state index in [1.165, 1.54) is 17.7 Å². The number of hydrogen-bond acceptors (Lipinski definition) is 7. The number of nitrogen functional groups attached to an aromatic ring is 1. The van der Waals surface area contributed by atoms with E-state index in [0.717, 1.165) is 26.1 Å². The van der Waals surface area contributed by atoms with Crippen molar-refractivity contribution in [2.45, 2.75) is 31.3 Å². The summed E-state index contributed by atoms with van der Waals surface area (Å²) in [7, 11) is 0. The van der Waals surface area contributed by atoms with Gasteiger partial charge in [0.05, 0.1) is 28.5 Å². The van der Waals surface area contributed by atoms with Crippen LogP contribution in [0, 0.1) is 21.4 Å². The maximum atomic E-state index is 12.7. The second-order valence-corrected chi connectivity index (χ2v) is 7.95. The molecule has 0 bridgehead atoms. The van der Waals surface area contributed by atoms with Crippen molar-refractivity contribution in [3.63, 3.8) is 0 Å². The van der Waals surface area contributed by atoms with Crippen LogP contribution in [0.5, 0.6) is 5.75 Å². The van der Waals surface area contributed by atoms with Crippen molar-refractivity contribution in [3.8, 4) is 11.8 Å². The standard InChI is InChI=1S/C22H22N4O4/c23-14-16-3-1-15(2-4-16)5-8-25-9-6-22(7-10-25)13-20(27)17-11-19(26(28)29)18(24)12-21(17)30-22/h1-4,11-12H,5-10,13,24H2. The molecule has 8 nitrogen and oxygen atoms in total. The second kappa shape index (κ2) is 7.76. The van der Waals surface area contributed by atoms with Crippen LogP contribution in [-0.2, 0) is 6.42 Å². The molecule has 0 radical (unpaired) electrons. The molecule has 1 saturated heterocycles. The fraction of sp³-hybridized carbons (Fsp3) is 0.364. The summed E-state index contributed by atoms with van der Waals surface area (Å²) in [4.78, 5) is 25.6. The number of likely N-dealkylation sites (tertiary alicyclic amines) is 1. The molecule has 0 atom stereocenters. The monoisotopic (exact) mass is 406 g/mol. The quantitative estimate of drug-likeness (QED) is 0.470. The summed E-state index contributed by atoms with van der Waals surface area (Å²) in [5.41, 5.74) is 7.03. The van der Waals surface area contributed by atoms with Gasteiger partial charge >= 0.3 is 0 Å². The third-order valence-corrected chi connectivity index (χ3v) is 6.00. The molecule has 2 aliphatic heterocycles. The van der Waals surface area contributed by atoms with Gasteiger partial charge in [0, 0.05) is 44.6 Å². The topological polar surface area (TPSA) is 122 Å². The summed E-state index contributed by atoms with van der Waals surface area (Å²) >= 11 is 0. The minimum absolute atomic E-state index is 0.00320. The number of Topliss-reactive ketones (excluding diaryl/α,β-unsaturated/α-hetero) is 1. The number of rotatable bonds is 4. The first-order valence-electron chi connectivity index (χ1n) is 9.91. The number of anilines is 1. The number of nitrogens with zero attached hydrogens (tertiary/aromatic N) is 3. The molecule has 8 heteroatoms. The van der Waals surface area contributed by atoms with Crippen molar-refractivity contribution in [3.05, 3.63) is 63.2 Å². The van der Waals surface area contributed by atoms with Gasteiger partial charge in [-0.3, -0.25) is 14.9 Å². The van der Waals surface area contributed by atoms with Gasteiger partial charge in [0.1, 0.15) is 17.0 Å². The molecular weight excluding hydrogens is 384 g/mol. The summed E-state index contributed by atoms with van der Waals surface area (Å²) in [6, 6.07) is 12.4. The Kier molecular flexibility index (Phi) is 5.14.